The standard InChI is InChI=1S/C11H16N2/c1-8-4-3-5-9-10(12-2)6-7-13-11(8)9/h3-5,10,12-13H,6-7H2,1-2H3. The Balaban J connectivity index is 2.45. The lowest BCUT2D eigenvalue weighted by Crippen LogP contribution is -2.25. The van der Waals surface area contributed by atoms with Gasteiger partial charge in [0.2, 0.25) is 0 Å². The summed E-state index contributed by atoms with van der Waals surface area (Å²) in [6.45, 7) is 3.23. The average Bonchev–Trinajstić information content (AvgIpc) is 2.18. The van der Waals surface area contributed by atoms with E-state index in [4.69, 9.17) is 0 Å². The van der Waals surface area contributed by atoms with Crippen molar-refractivity contribution in [2.24, 2.45) is 0 Å². The van der Waals surface area contributed by atoms with Crippen molar-refractivity contribution in [3.8, 4) is 0 Å². The molecule has 2 rings (SSSR count). The smallest absolute Gasteiger partial charge is 0.0418 e. The highest BCUT2D eigenvalue weighted by atomic mass is 15.0. The zero-order valence-corrected chi connectivity index (χ0v) is 8.22. The molecule has 2 nitrogen and oxygen atoms in total. The fourth-order valence-electron chi connectivity index (χ4n) is 2.02. The van der Waals surface area contributed by atoms with Crippen molar-refractivity contribution in [3.63, 3.8) is 0 Å². The molecule has 0 saturated heterocycles. The summed E-state index contributed by atoms with van der Waals surface area (Å²) >= 11 is 0. The fourth-order valence-corrected chi connectivity index (χ4v) is 2.02. The van der Waals surface area contributed by atoms with Gasteiger partial charge in [0.1, 0.15) is 0 Å². The van der Waals surface area contributed by atoms with E-state index in [2.05, 4.69) is 35.8 Å². The summed E-state index contributed by atoms with van der Waals surface area (Å²) in [6, 6.07) is 7.02. The Morgan fingerprint density at radius 2 is 2.31 bits per heavy atom. The minimum Gasteiger partial charge on any atom is -0.384 e. The van der Waals surface area contributed by atoms with Crippen molar-refractivity contribution in [1.82, 2.24) is 5.32 Å². The number of aryl methyl sites for hydroxylation is 1. The highest BCUT2D eigenvalue weighted by Crippen LogP contribution is 2.31. The third kappa shape index (κ3) is 1.42. The van der Waals surface area contributed by atoms with Gasteiger partial charge in [0.15, 0.2) is 0 Å². The Bertz CT molecular complexity index is 307. The third-order valence-corrected chi connectivity index (χ3v) is 2.76. The topological polar surface area (TPSA) is 24.1 Å². The minimum atomic E-state index is 0.524. The Labute approximate surface area is 79.4 Å². The summed E-state index contributed by atoms with van der Waals surface area (Å²) in [5.41, 5.74) is 4.08. The Morgan fingerprint density at radius 1 is 1.46 bits per heavy atom. The summed E-state index contributed by atoms with van der Waals surface area (Å²) in [6.07, 6.45) is 1.17. The van der Waals surface area contributed by atoms with E-state index in [9.17, 15) is 0 Å². The van der Waals surface area contributed by atoms with Crippen LogP contribution in [0.5, 0.6) is 0 Å². The molecule has 1 unspecified atom stereocenters. The maximum atomic E-state index is 3.46. The number of nitrogens with one attached hydrogen (secondary N) is 2. The fraction of sp³-hybridized carbons (Fsp3) is 0.455. The van der Waals surface area contributed by atoms with E-state index in [1.165, 1.54) is 23.2 Å². The van der Waals surface area contributed by atoms with Gasteiger partial charge in [0, 0.05) is 18.3 Å². The lowest BCUT2D eigenvalue weighted by molar-refractivity contribution is 0.551. The largest absolute Gasteiger partial charge is 0.384 e. The summed E-state index contributed by atoms with van der Waals surface area (Å²) < 4.78 is 0. The van der Waals surface area contributed by atoms with Gasteiger partial charge >= 0.3 is 0 Å². The van der Waals surface area contributed by atoms with Crippen LogP contribution >= 0.6 is 0 Å². The van der Waals surface area contributed by atoms with Crippen molar-refractivity contribution in [2.45, 2.75) is 19.4 Å². The second-order valence-electron chi connectivity index (χ2n) is 3.60. The van der Waals surface area contributed by atoms with Crippen LogP contribution in [0.3, 0.4) is 0 Å². The number of hydrogen-bond acceptors (Lipinski definition) is 2. The molecule has 2 heteroatoms. The van der Waals surface area contributed by atoms with Crippen molar-refractivity contribution in [3.05, 3.63) is 29.3 Å². The molecule has 0 bridgehead atoms. The van der Waals surface area contributed by atoms with Crippen LogP contribution in [0.1, 0.15) is 23.6 Å². The highest BCUT2D eigenvalue weighted by molar-refractivity contribution is 5.59. The predicted molar refractivity (Wildman–Crippen MR) is 56.1 cm³/mol. The number of anilines is 1. The molecule has 0 aromatic heterocycles. The monoisotopic (exact) mass is 176 g/mol. The van der Waals surface area contributed by atoms with E-state index < -0.39 is 0 Å². The number of rotatable bonds is 1. The first kappa shape index (κ1) is 8.57. The maximum absolute atomic E-state index is 3.46. The molecule has 1 aromatic carbocycles. The number of fused-ring (bicyclic) bond motifs is 1. The van der Waals surface area contributed by atoms with Gasteiger partial charge in [0.05, 0.1) is 0 Å². The van der Waals surface area contributed by atoms with Crippen molar-refractivity contribution >= 4 is 5.69 Å². The SMILES string of the molecule is CNC1CCNc2c(C)cccc21. The van der Waals surface area contributed by atoms with Crippen LogP contribution in [0.4, 0.5) is 5.69 Å². The van der Waals surface area contributed by atoms with Crippen molar-refractivity contribution < 1.29 is 0 Å². The van der Waals surface area contributed by atoms with Crippen LogP contribution < -0.4 is 10.6 Å². The van der Waals surface area contributed by atoms with Gasteiger partial charge in [-0.15, -0.1) is 0 Å². The molecule has 0 saturated carbocycles. The molecule has 70 valence electrons. The van der Waals surface area contributed by atoms with Gasteiger partial charge in [-0.05, 0) is 31.5 Å². The molecule has 1 aliphatic rings. The molecule has 0 spiro atoms. The van der Waals surface area contributed by atoms with Crippen LogP contribution in [0.2, 0.25) is 0 Å². The predicted octanol–water partition coefficient (Wildman–Crippen LogP) is 2.07. The van der Waals surface area contributed by atoms with Crippen LogP contribution in [-0.4, -0.2) is 13.6 Å². The van der Waals surface area contributed by atoms with E-state index in [0.717, 1.165) is 6.54 Å². The number of hydrogen-bond donors (Lipinski definition) is 2. The molecule has 1 atom stereocenters. The van der Waals surface area contributed by atoms with Gasteiger partial charge < -0.3 is 10.6 Å². The average molecular weight is 176 g/mol. The van der Waals surface area contributed by atoms with Crippen LogP contribution in [0.15, 0.2) is 18.2 Å². The summed E-state index contributed by atoms with van der Waals surface area (Å²) in [5, 5.41) is 6.80. The van der Waals surface area contributed by atoms with Crippen molar-refractivity contribution in [2.75, 3.05) is 18.9 Å². The first-order chi connectivity index (χ1) is 6.33. The van der Waals surface area contributed by atoms with Crippen LogP contribution in [0.25, 0.3) is 0 Å². The van der Waals surface area contributed by atoms with E-state index in [0.29, 0.717) is 6.04 Å². The van der Waals surface area contributed by atoms with Crippen LogP contribution in [0, 0.1) is 6.92 Å². The van der Waals surface area contributed by atoms with Gasteiger partial charge in [-0.1, -0.05) is 18.2 Å². The molecular formula is C11H16N2. The number of para-hydroxylation sites is 1. The molecule has 0 amide bonds. The maximum Gasteiger partial charge on any atom is 0.0418 e. The van der Waals surface area contributed by atoms with E-state index in [1.807, 2.05) is 7.05 Å². The summed E-state index contributed by atoms with van der Waals surface area (Å²) in [4.78, 5) is 0. The summed E-state index contributed by atoms with van der Waals surface area (Å²) in [7, 11) is 2.03. The lowest BCUT2D eigenvalue weighted by Gasteiger charge is -2.27. The van der Waals surface area contributed by atoms with Gasteiger partial charge in [-0.3, -0.25) is 0 Å². The Hall–Kier alpha value is -1.02. The molecule has 0 aliphatic carbocycles. The zero-order valence-electron chi connectivity index (χ0n) is 8.22. The molecule has 1 aromatic rings. The highest BCUT2D eigenvalue weighted by Gasteiger charge is 2.18. The second-order valence-corrected chi connectivity index (χ2v) is 3.60. The third-order valence-electron chi connectivity index (χ3n) is 2.76. The molecule has 1 aliphatic heterocycles. The number of benzene rings is 1. The first-order valence-electron chi connectivity index (χ1n) is 4.83. The quantitative estimate of drug-likeness (QED) is 0.684. The Kier molecular flexibility index (Phi) is 2.23. The first-order valence-corrected chi connectivity index (χ1v) is 4.83. The zero-order chi connectivity index (χ0) is 9.26. The van der Waals surface area contributed by atoms with Gasteiger partial charge in [-0.25, -0.2) is 0 Å². The van der Waals surface area contributed by atoms with E-state index in [1.54, 1.807) is 0 Å². The molecule has 0 fully saturated rings. The molecule has 0 radical (unpaired) electrons. The van der Waals surface area contributed by atoms with Crippen LogP contribution in [-0.2, 0) is 0 Å². The summed E-state index contributed by atoms with van der Waals surface area (Å²) in [5.74, 6) is 0. The second kappa shape index (κ2) is 3.38. The lowest BCUT2D eigenvalue weighted by atomic mass is 9.95. The molecule has 2 N–H and O–H groups in total. The molecule has 13 heavy (non-hydrogen) atoms. The Morgan fingerprint density at radius 3 is 3.08 bits per heavy atom. The van der Waals surface area contributed by atoms with Crippen molar-refractivity contribution in [1.29, 1.82) is 0 Å². The van der Waals surface area contributed by atoms with E-state index in [-0.39, 0.29) is 0 Å². The molecule has 1 heterocycles. The van der Waals surface area contributed by atoms with Gasteiger partial charge in [0.25, 0.3) is 0 Å². The van der Waals surface area contributed by atoms with Gasteiger partial charge in [-0.2, -0.15) is 0 Å². The molecular weight excluding hydrogens is 160 g/mol. The van der Waals surface area contributed by atoms with E-state index >= 15 is 0 Å². The minimum absolute atomic E-state index is 0.524. The normalized spacial score (nSPS) is 20.6.